The third-order valence-corrected chi connectivity index (χ3v) is 10.4. The number of rotatable bonds is 35. The van der Waals surface area contributed by atoms with E-state index in [1.54, 1.807) is 6.08 Å². The predicted molar refractivity (Wildman–Crippen MR) is 213 cm³/mol. The summed E-state index contributed by atoms with van der Waals surface area (Å²) in [7, 11) is 0. The van der Waals surface area contributed by atoms with Crippen LogP contribution in [-0.2, 0) is 14.3 Å². The van der Waals surface area contributed by atoms with E-state index in [1.807, 2.05) is 6.08 Å². The summed E-state index contributed by atoms with van der Waals surface area (Å²) >= 11 is 0. The Hall–Kier alpha value is -1.37. The molecule has 0 aliphatic carbocycles. The van der Waals surface area contributed by atoms with E-state index in [2.05, 4.69) is 31.3 Å². The first-order valence-corrected chi connectivity index (χ1v) is 21.7. The number of nitrogens with one attached hydrogen (secondary N) is 1. The van der Waals surface area contributed by atoms with Crippen LogP contribution in [0.3, 0.4) is 0 Å². The molecule has 0 radical (unpaired) electrons. The van der Waals surface area contributed by atoms with Gasteiger partial charge in [-0.2, -0.15) is 0 Å². The highest BCUT2D eigenvalue weighted by Crippen LogP contribution is 2.22. The number of aliphatic hydroxyl groups excluding tert-OH is 6. The summed E-state index contributed by atoms with van der Waals surface area (Å²) in [6.45, 7) is 3.58. The Bertz CT molecular complexity index is 901. The highest BCUT2D eigenvalue weighted by atomic mass is 16.7. The van der Waals surface area contributed by atoms with Crippen molar-refractivity contribution in [3.63, 3.8) is 0 Å². The SMILES string of the molecule is CCCCCCCCC/C=C\CCCCCCC(O)C(=O)NC(COC1OC(CO)C(O)C(O)C1O)C(O)/C=C/CCCCCCCCCCCCC. The summed E-state index contributed by atoms with van der Waals surface area (Å²) in [5.41, 5.74) is 0. The minimum Gasteiger partial charge on any atom is -0.394 e. The maximum Gasteiger partial charge on any atom is 0.249 e. The van der Waals surface area contributed by atoms with Crippen LogP contribution in [-0.4, -0.2) is 98.7 Å². The molecule has 312 valence electrons. The number of carbonyl (C=O) groups excluding carboxylic acids is 1. The van der Waals surface area contributed by atoms with Gasteiger partial charge in [0.05, 0.1) is 25.4 Å². The fourth-order valence-electron chi connectivity index (χ4n) is 6.74. The van der Waals surface area contributed by atoms with Gasteiger partial charge in [-0.15, -0.1) is 0 Å². The largest absolute Gasteiger partial charge is 0.394 e. The lowest BCUT2D eigenvalue weighted by molar-refractivity contribution is -0.302. The van der Waals surface area contributed by atoms with Crippen molar-refractivity contribution in [1.82, 2.24) is 5.32 Å². The Labute approximate surface area is 322 Å². The fourth-order valence-corrected chi connectivity index (χ4v) is 6.74. The van der Waals surface area contributed by atoms with Gasteiger partial charge in [0.1, 0.15) is 30.5 Å². The molecular weight excluding hydrogens is 674 g/mol. The molecule has 53 heavy (non-hydrogen) atoms. The van der Waals surface area contributed by atoms with Crippen molar-refractivity contribution in [1.29, 1.82) is 0 Å². The van der Waals surface area contributed by atoms with Gasteiger partial charge >= 0.3 is 0 Å². The first-order chi connectivity index (χ1) is 25.8. The Morgan fingerprint density at radius 2 is 1.09 bits per heavy atom. The van der Waals surface area contributed by atoms with Gasteiger partial charge in [0.2, 0.25) is 5.91 Å². The maximum absolute atomic E-state index is 13.0. The molecule has 8 unspecified atom stereocenters. The average molecular weight is 756 g/mol. The second-order valence-electron chi connectivity index (χ2n) is 15.3. The summed E-state index contributed by atoms with van der Waals surface area (Å²) in [5, 5.41) is 64.5. The number of ether oxygens (including phenoxy) is 2. The topological polar surface area (TPSA) is 169 Å². The second kappa shape index (κ2) is 33.9. The minimum atomic E-state index is -1.61. The zero-order valence-corrected chi connectivity index (χ0v) is 33.6. The third-order valence-electron chi connectivity index (χ3n) is 10.4. The van der Waals surface area contributed by atoms with Gasteiger partial charge in [-0.05, 0) is 44.9 Å². The quantitative estimate of drug-likeness (QED) is 0.0259. The lowest BCUT2D eigenvalue weighted by Crippen LogP contribution is -2.60. The van der Waals surface area contributed by atoms with Crippen LogP contribution in [0.2, 0.25) is 0 Å². The molecule has 7 N–H and O–H groups in total. The number of aliphatic hydroxyl groups is 6. The van der Waals surface area contributed by atoms with E-state index >= 15 is 0 Å². The summed E-state index contributed by atoms with van der Waals surface area (Å²) < 4.78 is 11.1. The molecule has 10 heteroatoms. The highest BCUT2D eigenvalue weighted by molar-refractivity contribution is 5.80. The van der Waals surface area contributed by atoms with Crippen molar-refractivity contribution in [2.24, 2.45) is 0 Å². The smallest absolute Gasteiger partial charge is 0.249 e. The summed E-state index contributed by atoms with van der Waals surface area (Å²) in [6, 6.07) is -0.981. The Morgan fingerprint density at radius 3 is 1.58 bits per heavy atom. The van der Waals surface area contributed by atoms with Crippen molar-refractivity contribution >= 4 is 5.91 Å². The summed E-state index contributed by atoms with van der Waals surface area (Å²) in [4.78, 5) is 13.0. The second-order valence-corrected chi connectivity index (χ2v) is 15.3. The van der Waals surface area contributed by atoms with Gasteiger partial charge in [-0.3, -0.25) is 4.79 Å². The van der Waals surface area contributed by atoms with Crippen LogP contribution in [0, 0.1) is 0 Å². The molecule has 0 spiro atoms. The molecule has 1 saturated heterocycles. The molecule has 1 amide bonds. The monoisotopic (exact) mass is 756 g/mol. The van der Waals surface area contributed by atoms with Crippen LogP contribution in [0.1, 0.15) is 181 Å². The number of hydrogen-bond acceptors (Lipinski definition) is 9. The Morgan fingerprint density at radius 1 is 0.642 bits per heavy atom. The van der Waals surface area contributed by atoms with Crippen LogP contribution in [0.15, 0.2) is 24.3 Å². The standard InChI is InChI=1S/C43H81NO9/c1-3-5-7-9-11-13-15-17-18-20-22-24-26-28-30-32-37(47)42(51)44-35(34-52-43-41(50)40(49)39(48)38(33-45)53-43)36(46)31-29-27-25-23-21-19-16-14-12-10-8-6-4-2/h18,20,29,31,35-41,43,45-50H,3-17,19,21-28,30,32-34H2,1-2H3,(H,44,51)/b20-18-,31-29+. The number of hydrogen-bond donors (Lipinski definition) is 7. The van der Waals surface area contributed by atoms with Gasteiger partial charge in [-0.1, -0.05) is 160 Å². The van der Waals surface area contributed by atoms with E-state index in [-0.39, 0.29) is 6.61 Å². The zero-order valence-electron chi connectivity index (χ0n) is 33.6. The Kier molecular flexibility index (Phi) is 31.8. The van der Waals surface area contributed by atoms with Crippen LogP contribution < -0.4 is 5.32 Å². The van der Waals surface area contributed by atoms with Gasteiger partial charge in [0.25, 0.3) is 0 Å². The third kappa shape index (κ3) is 24.7. The van der Waals surface area contributed by atoms with Gasteiger partial charge in [0.15, 0.2) is 6.29 Å². The number of amides is 1. The van der Waals surface area contributed by atoms with Crippen molar-refractivity contribution in [2.45, 2.75) is 230 Å². The van der Waals surface area contributed by atoms with Crippen molar-refractivity contribution < 1.29 is 44.9 Å². The van der Waals surface area contributed by atoms with Gasteiger partial charge < -0.3 is 45.4 Å². The molecule has 0 aromatic rings. The molecule has 1 heterocycles. The molecule has 0 bridgehead atoms. The molecule has 1 rings (SSSR count). The van der Waals surface area contributed by atoms with E-state index < -0.39 is 61.5 Å². The van der Waals surface area contributed by atoms with Crippen LogP contribution in [0.25, 0.3) is 0 Å². The molecule has 0 saturated carbocycles. The fraction of sp³-hybridized carbons (Fsp3) is 0.884. The molecular formula is C43H81NO9. The number of unbranched alkanes of at least 4 members (excludes halogenated alkanes) is 22. The predicted octanol–water partition coefficient (Wildman–Crippen LogP) is 7.30. The number of allylic oxidation sites excluding steroid dienone is 3. The van der Waals surface area contributed by atoms with Crippen molar-refractivity contribution in [2.75, 3.05) is 13.2 Å². The lowest BCUT2D eigenvalue weighted by Gasteiger charge is -2.40. The zero-order chi connectivity index (χ0) is 38.9. The van der Waals surface area contributed by atoms with Crippen LogP contribution in [0.4, 0.5) is 0 Å². The molecule has 1 aliphatic rings. The minimum absolute atomic E-state index is 0.297. The molecule has 8 atom stereocenters. The molecule has 1 aliphatic heterocycles. The maximum atomic E-state index is 13.0. The van der Waals surface area contributed by atoms with Gasteiger partial charge in [-0.25, -0.2) is 0 Å². The molecule has 0 aromatic carbocycles. The van der Waals surface area contributed by atoms with E-state index in [1.165, 1.54) is 103 Å². The summed E-state index contributed by atoms with van der Waals surface area (Å²) in [6.07, 6.45) is 28.3. The summed E-state index contributed by atoms with van der Waals surface area (Å²) in [5.74, 6) is -0.626. The highest BCUT2D eigenvalue weighted by Gasteiger charge is 2.44. The average Bonchev–Trinajstić information content (AvgIpc) is 3.16. The molecule has 0 aromatic heterocycles. The van der Waals surface area contributed by atoms with Gasteiger partial charge in [0, 0.05) is 0 Å². The van der Waals surface area contributed by atoms with E-state index in [0.717, 1.165) is 51.4 Å². The molecule has 10 nitrogen and oxygen atoms in total. The van der Waals surface area contributed by atoms with Crippen LogP contribution >= 0.6 is 0 Å². The van der Waals surface area contributed by atoms with Crippen molar-refractivity contribution in [3.05, 3.63) is 24.3 Å². The lowest BCUT2D eigenvalue weighted by atomic mass is 9.99. The van der Waals surface area contributed by atoms with Crippen molar-refractivity contribution in [3.8, 4) is 0 Å². The number of carbonyl (C=O) groups is 1. The normalized spacial score (nSPS) is 22.5. The van der Waals surface area contributed by atoms with E-state index in [0.29, 0.717) is 12.8 Å². The van der Waals surface area contributed by atoms with E-state index in [4.69, 9.17) is 9.47 Å². The first-order valence-electron chi connectivity index (χ1n) is 21.7. The molecule has 1 fully saturated rings. The Balaban J connectivity index is 2.47. The first kappa shape index (κ1) is 49.6. The van der Waals surface area contributed by atoms with Crippen LogP contribution in [0.5, 0.6) is 0 Å². The van der Waals surface area contributed by atoms with E-state index in [9.17, 15) is 35.4 Å².